The first kappa shape index (κ1) is 13.5. The van der Waals surface area contributed by atoms with Crippen molar-refractivity contribution in [3.8, 4) is 10.9 Å². The SMILES string of the molecule is CC(C)NCc1nnc(Oc2ccc(Br)cc2)s1. The molecule has 96 valence electrons. The van der Waals surface area contributed by atoms with Gasteiger partial charge in [-0.1, -0.05) is 46.2 Å². The Labute approximate surface area is 119 Å². The second-order valence-corrected chi connectivity index (χ2v) is 5.99. The van der Waals surface area contributed by atoms with Crippen molar-refractivity contribution >= 4 is 27.3 Å². The number of nitrogens with zero attached hydrogens (tertiary/aromatic N) is 2. The van der Waals surface area contributed by atoms with Crippen LogP contribution in [0.15, 0.2) is 28.7 Å². The van der Waals surface area contributed by atoms with E-state index in [1.165, 1.54) is 11.3 Å². The highest BCUT2D eigenvalue weighted by atomic mass is 79.9. The molecule has 1 N–H and O–H groups in total. The van der Waals surface area contributed by atoms with Gasteiger partial charge in [0.2, 0.25) is 0 Å². The van der Waals surface area contributed by atoms with Crippen LogP contribution in [-0.4, -0.2) is 16.2 Å². The van der Waals surface area contributed by atoms with Gasteiger partial charge in [0.15, 0.2) is 0 Å². The van der Waals surface area contributed by atoms with Gasteiger partial charge in [-0.3, -0.25) is 0 Å². The molecule has 1 heterocycles. The fraction of sp³-hybridized carbons (Fsp3) is 0.333. The molecular weight excluding hydrogens is 314 g/mol. The van der Waals surface area contributed by atoms with Crippen LogP contribution in [0.5, 0.6) is 10.9 Å². The molecule has 0 fully saturated rings. The maximum absolute atomic E-state index is 5.62. The van der Waals surface area contributed by atoms with Crippen molar-refractivity contribution in [2.45, 2.75) is 26.4 Å². The minimum absolute atomic E-state index is 0.435. The lowest BCUT2D eigenvalue weighted by atomic mass is 10.3. The van der Waals surface area contributed by atoms with Crippen LogP contribution in [0, 0.1) is 0 Å². The van der Waals surface area contributed by atoms with Crippen molar-refractivity contribution in [2.24, 2.45) is 0 Å². The number of benzene rings is 1. The van der Waals surface area contributed by atoms with Gasteiger partial charge in [-0.2, -0.15) is 0 Å². The summed E-state index contributed by atoms with van der Waals surface area (Å²) in [4.78, 5) is 0. The van der Waals surface area contributed by atoms with Crippen molar-refractivity contribution in [1.29, 1.82) is 0 Å². The summed E-state index contributed by atoms with van der Waals surface area (Å²) in [5.41, 5.74) is 0. The molecular formula is C12H14BrN3OS. The van der Waals surface area contributed by atoms with Crippen LogP contribution in [-0.2, 0) is 6.54 Å². The summed E-state index contributed by atoms with van der Waals surface area (Å²) in [5, 5.41) is 12.9. The summed E-state index contributed by atoms with van der Waals surface area (Å²) >= 11 is 4.84. The van der Waals surface area contributed by atoms with Crippen LogP contribution in [0.3, 0.4) is 0 Å². The summed E-state index contributed by atoms with van der Waals surface area (Å²) in [7, 11) is 0. The summed E-state index contributed by atoms with van der Waals surface area (Å²) in [6.45, 7) is 4.92. The van der Waals surface area contributed by atoms with E-state index < -0.39 is 0 Å². The zero-order chi connectivity index (χ0) is 13.0. The van der Waals surface area contributed by atoms with Crippen LogP contribution >= 0.6 is 27.3 Å². The molecule has 0 spiro atoms. The molecule has 0 saturated carbocycles. The molecule has 0 amide bonds. The summed E-state index contributed by atoms with van der Waals surface area (Å²) in [5.74, 6) is 0.762. The Morgan fingerprint density at radius 1 is 1.28 bits per heavy atom. The minimum Gasteiger partial charge on any atom is -0.430 e. The number of hydrogen-bond acceptors (Lipinski definition) is 5. The zero-order valence-corrected chi connectivity index (χ0v) is 12.6. The predicted octanol–water partition coefficient (Wildman–Crippen LogP) is 3.59. The van der Waals surface area contributed by atoms with Gasteiger partial charge in [-0.15, -0.1) is 5.10 Å². The monoisotopic (exact) mass is 327 g/mol. The highest BCUT2D eigenvalue weighted by molar-refractivity contribution is 9.10. The molecule has 0 aliphatic rings. The lowest BCUT2D eigenvalue weighted by Gasteiger charge is -2.03. The van der Waals surface area contributed by atoms with Crippen molar-refractivity contribution in [1.82, 2.24) is 15.5 Å². The Morgan fingerprint density at radius 3 is 2.67 bits per heavy atom. The smallest absolute Gasteiger partial charge is 0.299 e. The second kappa shape index (κ2) is 6.26. The number of ether oxygens (including phenoxy) is 1. The maximum Gasteiger partial charge on any atom is 0.299 e. The van der Waals surface area contributed by atoms with Crippen LogP contribution in [0.1, 0.15) is 18.9 Å². The van der Waals surface area contributed by atoms with Gasteiger partial charge in [-0.25, -0.2) is 0 Å². The molecule has 0 saturated heterocycles. The van der Waals surface area contributed by atoms with Gasteiger partial charge >= 0.3 is 0 Å². The van der Waals surface area contributed by atoms with E-state index in [1.54, 1.807) is 0 Å². The highest BCUT2D eigenvalue weighted by Crippen LogP contribution is 2.25. The fourth-order valence-electron chi connectivity index (χ4n) is 1.25. The first-order valence-electron chi connectivity index (χ1n) is 5.62. The van der Waals surface area contributed by atoms with Crippen LogP contribution < -0.4 is 10.1 Å². The summed E-state index contributed by atoms with van der Waals surface area (Å²) in [6, 6.07) is 8.06. The summed E-state index contributed by atoms with van der Waals surface area (Å²) in [6.07, 6.45) is 0. The van der Waals surface area contributed by atoms with Gasteiger partial charge in [-0.05, 0) is 24.3 Å². The zero-order valence-electron chi connectivity index (χ0n) is 10.2. The number of aromatic nitrogens is 2. The molecule has 18 heavy (non-hydrogen) atoms. The van der Waals surface area contributed by atoms with Crippen LogP contribution in [0.2, 0.25) is 0 Å². The van der Waals surface area contributed by atoms with E-state index in [4.69, 9.17) is 4.74 Å². The van der Waals surface area contributed by atoms with Gasteiger partial charge in [0.05, 0.1) is 6.54 Å². The standard InChI is InChI=1S/C12H14BrN3OS/c1-8(2)14-7-11-15-16-12(18-11)17-10-5-3-9(13)4-6-10/h3-6,8,14H,7H2,1-2H3. The fourth-order valence-corrected chi connectivity index (χ4v) is 2.17. The maximum atomic E-state index is 5.62. The van der Waals surface area contributed by atoms with E-state index in [9.17, 15) is 0 Å². The molecule has 4 nitrogen and oxygen atoms in total. The lowest BCUT2D eigenvalue weighted by Crippen LogP contribution is -2.21. The number of halogens is 1. The molecule has 0 unspecified atom stereocenters. The van der Waals surface area contributed by atoms with E-state index >= 15 is 0 Å². The van der Waals surface area contributed by atoms with E-state index in [0.29, 0.717) is 11.2 Å². The number of rotatable bonds is 5. The third kappa shape index (κ3) is 4.04. The molecule has 2 aromatic rings. The topological polar surface area (TPSA) is 47.0 Å². The third-order valence-corrected chi connectivity index (χ3v) is 3.46. The predicted molar refractivity (Wildman–Crippen MR) is 76.1 cm³/mol. The Balaban J connectivity index is 1.95. The lowest BCUT2D eigenvalue weighted by molar-refractivity contribution is 0.472. The van der Waals surface area contributed by atoms with Crippen molar-refractivity contribution in [2.75, 3.05) is 0 Å². The molecule has 6 heteroatoms. The van der Waals surface area contributed by atoms with E-state index in [2.05, 4.69) is 45.3 Å². The molecule has 0 aliphatic carbocycles. The van der Waals surface area contributed by atoms with Crippen LogP contribution in [0.4, 0.5) is 0 Å². The highest BCUT2D eigenvalue weighted by Gasteiger charge is 2.06. The largest absolute Gasteiger partial charge is 0.430 e. The first-order valence-corrected chi connectivity index (χ1v) is 7.23. The normalized spacial score (nSPS) is 10.9. The average Bonchev–Trinajstić information content (AvgIpc) is 2.77. The van der Waals surface area contributed by atoms with E-state index in [1.807, 2.05) is 24.3 Å². The average molecular weight is 328 g/mol. The number of nitrogens with one attached hydrogen (secondary N) is 1. The molecule has 0 atom stereocenters. The molecule has 0 aliphatic heterocycles. The van der Waals surface area contributed by atoms with Crippen molar-refractivity contribution < 1.29 is 4.74 Å². The van der Waals surface area contributed by atoms with Gasteiger partial charge in [0, 0.05) is 10.5 Å². The molecule has 1 aromatic carbocycles. The number of hydrogen-bond donors (Lipinski definition) is 1. The Morgan fingerprint density at radius 2 is 2.00 bits per heavy atom. The van der Waals surface area contributed by atoms with E-state index in [-0.39, 0.29) is 0 Å². The second-order valence-electron chi connectivity index (χ2n) is 4.05. The van der Waals surface area contributed by atoms with E-state index in [0.717, 1.165) is 21.8 Å². The van der Waals surface area contributed by atoms with Gasteiger partial charge in [0.25, 0.3) is 5.19 Å². The summed E-state index contributed by atoms with van der Waals surface area (Å²) < 4.78 is 6.64. The van der Waals surface area contributed by atoms with Gasteiger partial charge < -0.3 is 10.1 Å². The van der Waals surface area contributed by atoms with Gasteiger partial charge in [0.1, 0.15) is 10.8 Å². The van der Waals surface area contributed by atoms with Crippen molar-refractivity contribution in [3.63, 3.8) is 0 Å². The molecule has 2 rings (SSSR count). The van der Waals surface area contributed by atoms with Crippen LogP contribution in [0.25, 0.3) is 0 Å². The first-order chi connectivity index (χ1) is 8.63. The quantitative estimate of drug-likeness (QED) is 0.911. The Kier molecular flexibility index (Phi) is 4.68. The Bertz CT molecular complexity index is 498. The molecule has 0 radical (unpaired) electrons. The Hall–Kier alpha value is -0.980. The minimum atomic E-state index is 0.435. The van der Waals surface area contributed by atoms with Crippen molar-refractivity contribution in [3.05, 3.63) is 33.7 Å². The third-order valence-electron chi connectivity index (χ3n) is 2.13. The molecule has 1 aromatic heterocycles. The molecule has 0 bridgehead atoms.